The molecule has 0 unspecified atom stereocenters. The van der Waals surface area contributed by atoms with Gasteiger partial charge in [0.2, 0.25) is 0 Å². The van der Waals surface area contributed by atoms with Crippen LogP contribution < -0.4 is 19.1 Å². The molecule has 2 aliphatic rings. The summed E-state index contributed by atoms with van der Waals surface area (Å²) in [6, 6.07) is 9.12. The molecule has 0 aliphatic carbocycles. The molecule has 43 heavy (non-hydrogen) atoms. The number of hydrogen-bond acceptors (Lipinski definition) is 10. The molecule has 224 valence electrons. The zero-order chi connectivity index (χ0) is 30.8. The summed E-state index contributed by atoms with van der Waals surface area (Å²) in [5.74, 6) is -1.14. The van der Waals surface area contributed by atoms with E-state index >= 15 is 0 Å². The fourth-order valence-electron chi connectivity index (χ4n) is 5.17. The summed E-state index contributed by atoms with van der Waals surface area (Å²) in [6.07, 6.45) is 2.23. The Kier molecular flexibility index (Phi) is 8.54. The van der Waals surface area contributed by atoms with Crippen molar-refractivity contribution in [3.63, 3.8) is 0 Å². The maximum absolute atomic E-state index is 13.7. The average molecular weight is 605 g/mol. The predicted molar refractivity (Wildman–Crippen MR) is 161 cm³/mol. The third kappa shape index (κ3) is 5.60. The van der Waals surface area contributed by atoms with Gasteiger partial charge in [0.05, 0.1) is 30.5 Å². The van der Waals surface area contributed by atoms with Crippen LogP contribution in [-0.4, -0.2) is 53.7 Å². The van der Waals surface area contributed by atoms with Crippen LogP contribution in [0, 0.1) is 6.92 Å². The third-order valence-corrected chi connectivity index (χ3v) is 8.14. The Morgan fingerprint density at radius 1 is 1.16 bits per heavy atom. The van der Waals surface area contributed by atoms with Gasteiger partial charge in [0.15, 0.2) is 16.6 Å². The molecule has 1 fully saturated rings. The van der Waals surface area contributed by atoms with E-state index < -0.39 is 23.7 Å². The second-order valence-corrected chi connectivity index (χ2v) is 11.0. The van der Waals surface area contributed by atoms with E-state index in [0.717, 1.165) is 16.9 Å². The number of Topliss-reactive ketones (excluding diaryl/α,β-unsaturated/α-hetero) is 1. The Morgan fingerprint density at radius 2 is 1.95 bits per heavy atom. The van der Waals surface area contributed by atoms with Crippen LogP contribution in [0.4, 0.5) is 5.13 Å². The number of anilines is 1. The molecule has 3 aromatic rings. The fraction of sp³-hybridized carbons (Fsp3) is 0.312. The highest BCUT2D eigenvalue weighted by Crippen LogP contribution is 2.46. The zero-order valence-electron chi connectivity index (χ0n) is 24.3. The molecule has 10 nitrogen and oxygen atoms in total. The van der Waals surface area contributed by atoms with E-state index in [1.807, 2.05) is 13.8 Å². The van der Waals surface area contributed by atoms with Crippen LogP contribution in [0.25, 0.3) is 5.76 Å². The number of rotatable bonds is 10. The number of aryl methyl sites for hydroxylation is 1. The highest BCUT2D eigenvalue weighted by molar-refractivity contribution is 7.17. The maximum Gasteiger partial charge on any atom is 0.350 e. The summed E-state index contributed by atoms with van der Waals surface area (Å²) in [7, 11) is 0. The van der Waals surface area contributed by atoms with Crippen molar-refractivity contribution < 1.29 is 38.4 Å². The first-order valence-corrected chi connectivity index (χ1v) is 14.8. The van der Waals surface area contributed by atoms with Crippen LogP contribution in [-0.2, 0) is 20.7 Å². The van der Waals surface area contributed by atoms with E-state index in [1.165, 1.54) is 4.90 Å². The van der Waals surface area contributed by atoms with Crippen molar-refractivity contribution in [3.05, 3.63) is 81.9 Å². The van der Waals surface area contributed by atoms with Gasteiger partial charge in [-0.25, -0.2) is 9.78 Å². The SMILES string of the molecule is C=CCOc1ccc([C@@H]2/C(=C(\O)c3ccc4c(c3)C[C@H](C)O4)C(=O)C(=O)N2c2nc(C)c(C(=O)OCC)s2)cc1OCC. The Labute approximate surface area is 253 Å². The van der Waals surface area contributed by atoms with Crippen molar-refractivity contribution in [2.24, 2.45) is 0 Å². The van der Waals surface area contributed by atoms with Gasteiger partial charge in [0.1, 0.15) is 29.1 Å². The monoisotopic (exact) mass is 604 g/mol. The second-order valence-electron chi connectivity index (χ2n) is 9.99. The topological polar surface area (TPSA) is 124 Å². The first kappa shape index (κ1) is 29.8. The van der Waals surface area contributed by atoms with Crippen LogP contribution in [0.3, 0.4) is 0 Å². The molecule has 2 atom stereocenters. The summed E-state index contributed by atoms with van der Waals surface area (Å²) in [5, 5.41) is 11.8. The van der Waals surface area contributed by atoms with E-state index in [-0.39, 0.29) is 40.7 Å². The minimum absolute atomic E-state index is 0.0153. The van der Waals surface area contributed by atoms with Gasteiger partial charge < -0.3 is 24.1 Å². The van der Waals surface area contributed by atoms with Gasteiger partial charge in [-0.2, -0.15) is 0 Å². The highest BCUT2D eigenvalue weighted by Gasteiger charge is 2.49. The summed E-state index contributed by atoms with van der Waals surface area (Å²) in [6.45, 7) is 11.5. The molecule has 11 heteroatoms. The molecule has 2 aromatic carbocycles. The van der Waals surface area contributed by atoms with Crippen LogP contribution in [0.2, 0.25) is 0 Å². The van der Waals surface area contributed by atoms with Crippen LogP contribution >= 0.6 is 11.3 Å². The number of aliphatic hydroxyl groups is 1. The van der Waals surface area contributed by atoms with Crippen molar-refractivity contribution in [1.82, 2.24) is 4.98 Å². The van der Waals surface area contributed by atoms with Crippen molar-refractivity contribution in [3.8, 4) is 17.2 Å². The lowest BCUT2D eigenvalue weighted by atomic mass is 9.94. The van der Waals surface area contributed by atoms with E-state index in [4.69, 9.17) is 18.9 Å². The van der Waals surface area contributed by atoms with Gasteiger partial charge in [-0.3, -0.25) is 14.5 Å². The predicted octanol–water partition coefficient (Wildman–Crippen LogP) is 5.54. The molecule has 0 saturated carbocycles. The van der Waals surface area contributed by atoms with E-state index in [1.54, 1.807) is 56.3 Å². The van der Waals surface area contributed by atoms with Crippen LogP contribution in [0.1, 0.15) is 58.9 Å². The average Bonchev–Trinajstić information content (AvgIpc) is 3.63. The smallest absolute Gasteiger partial charge is 0.350 e. The van der Waals surface area contributed by atoms with E-state index in [2.05, 4.69) is 11.6 Å². The molecular formula is C32H32N2O8S. The number of esters is 1. The molecule has 1 saturated heterocycles. The maximum atomic E-state index is 13.7. The number of hydrogen-bond donors (Lipinski definition) is 1. The highest BCUT2D eigenvalue weighted by atomic mass is 32.1. The molecule has 2 aliphatic heterocycles. The lowest BCUT2D eigenvalue weighted by Gasteiger charge is -2.24. The summed E-state index contributed by atoms with van der Waals surface area (Å²) in [5.41, 5.74) is 1.97. The Balaban J connectivity index is 1.69. The normalized spacial score (nSPS) is 18.7. The third-order valence-electron chi connectivity index (χ3n) is 7.01. The fourth-order valence-corrected chi connectivity index (χ4v) is 6.16. The molecule has 5 rings (SSSR count). The number of carbonyl (C=O) groups is 3. The molecule has 0 radical (unpaired) electrons. The minimum Gasteiger partial charge on any atom is -0.507 e. The summed E-state index contributed by atoms with van der Waals surface area (Å²) in [4.78, 5) is 45.9. The van der Waals surface area contributed by atoms with E-state index in [0.29, 0.717) is 47.1 Å². The number of thiazole rings is 1. The van der Waals surface area contributed by atoms with Crippen molar-refractivity contribution in [2.45, 2.75) is 46.3 Å². The number of aliphatic hydroxyl groups excluding tert-OH is 1. The lowest BCUT2D eigenvalue weighted by Crippen LogP contribution is -2.29. The Hall–Kier alpha value is -4.64. The van der Waals surface area contributed by atoms with Gasteiger partial charge in [0.25, 0.3) is 5.78 Å². The molecule has 1 aromatic heterocycles. The van der Waals surface area contributed by atoms with Gasteiger partial charge in [-0.05, 0) is 69.2 Å². The number of benzene rings is 2. The van der Waals surface area contributed by atoms with Crippen LogP contribution in [0.5, 0.6) is 17.2 Å². The first-order valence-electron chi connectivity index (χ1n) is 13.9. The second kappa shape index (κ2) is 12.3. The lowest BCUT2D eigenvalue weighted by molar-refractivity contribution is -0.132. The van der Waals surface area contributed by atoms with Crippen molar-refractivity contribution in [2.75, 3.05) is 24.7 Å². The minimum atomic E-state index is -1.09. The number of amides is 1. The first-order chi connectivity index (χ1) is 20.7. The molecule has 0 spiro atoms. The van der Waals surface area contributed by atoms with Gasteiger partial charge in [-0.1, -0.05) is 30.1 Å². The number of ether oxygens (including phenoxy) is 4. The summed E-state index contributed by atoms with van der Waals surface area (Å²) >= 11 is 0.943. The molecule has 0 bridgehead atoms. The van der Waals surface area contributed by atoms with E-state index in [9.17, 15) is 19.5 Å². The van der Waals surface area contributed by atoms with Crippen molar-refractivity contribution >= 4 is 39.9 Å². The number of carbonyl (C=O) groups excluding carboxylic acids is 3. The zero-order valence-corrected chi connectivity index (χ0v) is 25.2. The Morgan fingerprint density at radius 3 is 2.67 bits per heavy atom. The number of ketones is 1. The number of fused-ring (bicyclic) bond motifs is 1. The molecule has 3 heterocycles. The molecule has 1 amide bonds. The number of aromatic nitrogens is 1. The number of nitrogens with zero attached hydrogens (tertiary/aromatic N) is 2. The van der Waals surface area contributed by atoms with Crippen molar-refractivity contribution in [1.29, 1.82) is 0 Å². The standard InChI is InChI=1S/C32H32N2O8S/c1-6-13-41-23-12-9-19(16-24(23)39-7-2)26-25(27(35)20-10-11-22-21(15-20)14-17(4)42-22)28(36)30(37)34(26)32-33-18(5)29(43-32)31(38)40-8-3/h6,9-12,15-17,26,35H,1,7-8,13-14H2,2-5H3/b27-25+/t17-,26+/m0/s1. The Bertz CT molecular complexity index is 1640. The quantitative estimate of drug-likeness (QED) is 0.104. The largest absolute Gasteiger partial charge is 0.507 e. The molecular weight excluding hydrogens is 572 g/mol. The van der Waals surface area contributed by atoms with Gasteiger partial charge in [-0.15, -0.1) is 0 Å². The summed E-state index contributed by atoms with van der Waals surface area (Å²) < 4.78 is 22.5. The molecule has 1 N–H and O–H groups in total. The van der Waals surface area contributed by atoms with Gasteiger partial charge >= 0.3 is 11.9 Å². The van der Waals surface area contributed by atoms with Crippen LogP contribution in [0.15, 0.2) is 54.6 Å². The van der Waals surface area contributed by atoms with Gasteiger partial charge in [0, 0.05) is 12.0 Å².